The number of hydrogen-bond donors (Lipinski definition) is 0. The van der Waals surface area contributed by atoms with E-state index in [-0.39, 0.29) is 139 Å². The molecule has 0 aliphatic carbocycles. The van der Waals surface area contributed by atoms with Crippen LogP contribution in [0.2, 0.25) is 0 Å². The Kier molecular flexibility index (Phi) is 55300. The molecule has 15 heavy (non-hydrogen) atoms. The Balaban J connectivity index is 0. The molecule has 0 saturated heterocycles. The fraction of sp³-hybridized carbons (Fsp3) is 0. The molecule has 0 unspecified atom stereocenters. The minimum Gasteiger partial charge on any atom is -2.00 e. The molecule has 15 heteroatoms. The van der Waals surface area contributed by atoms with E-state index >= 15 is 0 Å². The Morgan fingerprint density at radius 2 is 0.200 bits per heavy atom. The van der Waals surface area contributed by atoms with Crippen LogP contribution in [0, 0.1) is 0 Å². The molecule has 0 fully saturated rings. The number of hydrogen-bond acceptors (Lipinski definition) is 0. The molecule has 0 aliphatic rings. The first-order valence-electron chi connectivity index (χ1n) is 0. The minimum atomic E-state index is 0. The van der Waals surface area contributed by atoms with E-state index in [1.807, 2.05) is 0 Å². The van der Waals surface area contributed by atoms with Gasteiger partial charge in [0.25, 0.3) is 0 Å². The molecule has 2 radical (unpaired) electrons. The van der Waals surface area contributed by atoms with Gasteiger partial charge in [-0.2, -0.15) is 0 Å². The van der Waals surface area contributed by atoms with E-state index in [9.17, 15) is 0 Å². The van der Waals surface area contributed by atoms with Gasteiger partial charge in [-0.3, -0.25) is 0 Å². The van der Waals surface area contributed by atoms with Crippen molar-refractivity contribution in [3.8, 4) is 0 Å². The van der Waals surface area contributed by atoms with Gasteiger partial charge in [0.05, 0.1) is 0 Å². The Morgan fingerprint density at radius 3 is 0.200 bits per heavy atom. The van der Waals surface area contributed by atoms with Gasteiger partial charge in [-0.05, 0) is 0 Å². The van der Waals surface area contributed by atoms with Gasteiger partial charge in [0, 0.05) is 79.2 Å². The van der Waals surface area contributed by atoms with Crippen molar-refractivity contribution in [2.24, 2.45) is 0 Å². The van der Waals surface area contributed by atoms with E-state index in [4.69, 9.17) is 0 Å². The molecule has 0 aromatic carbocycles. The fourth-order valence-electron chi connectivity index (χ4n) is 0. The summed E-state index contributed by atoms with van der Waals surface area (Å²) < 4.78 is 0. The second-order valence-electron chi connectivity index (χ2n) is 0. The molecule has 0 aromatic heterocycles. The maximum atomic E-state index is 0. The monoisotopic (exact) mass is 646 g/mol. The maximum absolute atomic E-state index is 0. The van der Waals surface area contributed by atoms with Crippen LogP contribution in [0.3, 0.4) is 0 Å². The van der Waals surface area contributed by atoms with E-state index < -0.39 is 0 Å². The predicted molar refractivity (Wildman–Crippen MR) is 7.55 cm³/mol. The summed E-state index contributed by atoms with van der Waals surface area (Å²) in [6.07, 6.45) is 0. The molecule has 0 bridgehead atoms. The summed E-state index contributed by atoms with van der Waals surface area (Å²) in [6.45, 7) is 0. The summed E-state index contributed by atoms with van der Waals surface area (Å²) in [7, 11) is 0. The smallest absolute Gasteiger partial charge is 0 e. The van der Waals surface area contributed by atoms with Crippen LogP contribution in [0.1, 0.15) is 0 Å². The average molecular weight is 646 g/mol. The van der Waals surface area contributed by atoms with Crippen molar-refractivity contribution in [2.45, 2.75) is 0 Å². The van der Waals surface area contributed by atoms with E-state index in [0.29, 0.717) is 0 Å². The van der Waals surface area contributed by atoms with Gasteiger partial charge >= 0.3 is 0 Å². The molecular formula is O11V2W2-22. The zero-order chi connectivity index (χ0) is 0. The third-order valence-electron chi connectivity index (χ3n) is 0. The SMILES string of the molecule is [O-2].[O-2].[O-2].[O-2].[O-2].[O-2].[O-2].[O-2].[O-2].[O-2].[O-2].[V].[V].[W].[W]. The minimum absolute atomic E-state index is 0. The molecule has 11 nitrogen and oxygen atoms in total. The third-order valence-corrected chi connectivity index (χ3v) is 0. The van der Waals surface area contributed by atoms with Crippen LogP contribution >= 0.6 is 0 Å². The Labute approximate surface area is 138 Å². The summed E-state index contributed by atoms with van der Waals surface area (Å²) in [6, 6.07) is 0. The molecule has 0 aliphatic heterocycles. The van der Waals surface area contributed by atoms with Gasteiger partial charge in [0.2, 0.25) is 0 Å². The van der Waals surface area contributed by atoms with Crippen molar-refractivity contribution in [1.82, 2.24) is 0 Å². The Bertz CT molecular complexity index is 16.5. The topological polar surface area (TPSA) is 314 Å². The van der Waals surface area contributed by atoms with E-state index in [1.54, 1.807) is 0 Å². The van der Waals surface area contributed by atoms with Gasteiger partial charge in [0.15, 0.2) is 0 Å². The molecule has 0 heterocycles. The van der Waals surface area contributed by atoms with E-state index in [2.05, 4.69) is 0 Å². The first kappa shape index (κ1) is 1000. The third kappa shape index (κ3) is 723. The first-order chi connectivity index (χ1) is 0. The molecule has 0 saturated carbocycles. The van der Waals surface area contributed by atoms with Crippen LogP contribution < -0.4 is 0 Å². The average Bonchev–Trinajstić information content (AvgIpc) is 0. The van der Waals surface area contributed by atoms with Crippen molar-refractivity contribution < 1.29 is 139 Å². The van der Waals surface area contributed by atoms with Crippen molar-refractivity contribution in [2.75, 3.05) is 0 Å². The summed E-state index contributed by atoms with van der Waals surface area (Å²) in [5.41, 5.74) is 0. The van der Waals surface area contributed by atoms with Crippen LogP contribution in [0.15, 0.2) is 0 Å². The zero-order valence-corrected chi connectivity index (χ0v) is 14.9. The fourth-order valence-corrected chi connectivity index (χ4v) is 0. The first-order valence-corrected chi connectivity index (χ1v) is 0. The van der Waals surface area contributed by atoms with Crippen LogP contribution in [-0.4, -0.2) is 0 Å². The van der Waals surface area contributed by atoms with E-state index in [0.717, 1.165) is 0 Å². The van der Waals surface area contributed by atoms with E-state index in [1.165, 1.54) is 0 Å². The summed E-state index contributed by atoms with van der Waals surface area (Å²) in [5, 5.41) is 0. The second-order valence-corrected chi connectivity index (χ2v) is 0. The van der Waals surface area contributed by atoms with Gasteiger partial charge in [-0.25, -0.2) is 0 Å². The zero-order valence-electron chi connectivity index (χ0n) is 6.20. The molecule has 0 amide bonds. The second kappa shape index (κ2) is 829. The quantitative estimate of drug-likeness (QED) is 0.296. The van der Waals surface area contributed by atoms with Crippen LogP contribution in [0.4, 0.5) is 0 Å². The van der Waals surface area contributed by atoms with Gasteiger partial charge in [-0.15, -0.1) is 0 Å². The van der Waals surface area contributed by atoms with Gasteiger partial charge in [0.1, 0.15) is 0 Å². The van der Waals surface area contributed by atoms with Crippen molar-refractivity contribution in [3.05, 3.63) is 0 Å². The number of rotatable bonds is 0. The summed E-state index contributed by atoms with van der Waals surface area (Å²) in [4.78, 5) is 0. The van der Waals surface area contributed by atoms with Gasteiger partial charge < -0.3 is 60.2 Å². The summed E-state index contributed by atoms with van der Waals surface area (Å²) in [5.74, 6) is 0. The van der Waals surface area contributed by atoms with Crippen LogP contribution in [0.5, 0.6) is 0 Å². The van der Waals surface area contributed by atoms with Crippen LogP contribution in [0.25, 0.3) is 0 Å². The summed E-state index contributed by atoms with van der Waals surface area (Å²) >= 11 is 0. The Hall–Kier alpha value is 2.11. The molecule has 110 valence electrons. The molecular weight excluding hydrogens is 646 g/mol. The molecule has 0 atom stereocenters. The van der Waals surface area contributed by atoms with Crippen molar-refractivity contribution in [3.63, 3.8) is 0 Å². The van der Waals surface area contributed by atoms with Crippen molar-refractivity contribution in [1.29, 1.82) is 0 Å². The normalized spacial score (nSPS) is 0. The van der Waals surface area contributed by atoms with Crippen molar-refractivity contribution >= 4 is 0 Å². The standard InChI is InChI=1S/11O.2V.2W/q11*-2;;;;. The molecule has 0 rings (SSSR count). The molecule has 0 spiro atoms. The largest absolute Gasteiger partial charge is 2.00 e. The maximum Gasteiger partial charge on any atom is 0 e. The predicted octanol–water partition coefficient (Wildman–Crippen LogP) is -1.32. The Morgan fingerprint density at radius 1 is 0.200 bits per heavy atom. The van der Waals surface area contributed by atoms with Crippen LogP contribution in [-0.2, 0) is 139 Å². The molecule has 0 aromatic rings. The molecule has 0 N–H and O–H groups in total. The van der Waals surface area contributed by atoms with Gasteiger partial charge in [-0.1, -0.05) is 0 Å².